The Bertz CT molecular complexity index is 1170. The number of aryl methyl sites for hydroxylation is 1. The maximum Gasteiger partial charge on any atom is 0.266 e. The van der Waals surface area contributed by atoms with Gasteiger partial charge in [-0.1, -0.05) is 49.4 Å². The van der Waals surface area contributed by atoms with Gasteiger partial charge in [-0.05, 0) is 83.0 Å². The highest BCUT2D eigenvalue weighted by molar-refractivity contribution is 14.1. The van der Waals surface area contributed by atoms with Crippen molar-refractivity contribution in [3.8, 4) is 17.6 Å². The van der Waals surface area contributed by atoms with Crippen molar-refractivity contribution in [1.82, 2.24) is 0 Å². The van der Waals surface area contributed by atoms with Gasteiger partial charge in [-0.2, -0.15) is 5.26 Å². The van der Waals surface area contributed by atoms with Crippen LogP contribution in [0.15, 0.2) is 72.3 Å². The second-order valence-electron chi connectivity index (χ2n) is 7.21. The Morgan fingerprint density at radius 1 is 1.03 bits per heavy atom. The fraction of sp³-hybridized carbons (Fsp3) is 0.185. The van der Waals surface area contributed by atoms with Gasteiger partial charge < -0.3 is 14.8 Å². The van der Waals surface area contributed by atoms with Crippen LogP contribution in [0.1, 0.15) is 30.5 Å². The van der Waals surface area contributed by atoms with Crippen LogP contribution in [-0.4, -0.2) is 12.5 Å². The predicted molar refractivity (Wildman–Crippen MR) is 139 cm³/mol. The van der Waals surface area contributed by atoms with Gasteiger partial charge in [0.25, 0.3) is 5.91 Å². The van der Waals surface area contributed by atoms with Crippen molar-refractivity contribution in [1.29, 1.82) is 5.26 Å². The van der Waals surface area contributed by atoms with Gasteiger partial charge in [-0.15, -0.1) is 0 Å². The minimum absolute atomic E-state index is 0.00534. The summed E-state index contributed by atoms with van der Waals surface area (Å²) in [5, 5.41) is 12.4. The highest BCUT2D eigenvalue weighted by atomic mass is 127. The Morgan fingerprint density at radius 3 is 2.39 bits per heavy atom. The predicted octanol–water partition coefficient (Wildman–Crippen LogP) is 6.38. The molecule has 3 aromatic rings. The van der Waals surface area contributed by atoms with Crippen molar-refractivity contribution in [2.24, 2.45) is 0 Å². The van der Waals surface area contributed by atoms with Gasteiger partial charge in [-0.25, -0.2) is 0 Å². The average molecular weight is 552 g/mol. The van der Waals surface area contributed by atoms with E-state index in [-0.39, 0.29) is 5.57 Å². The van der Waals surface area contributed by atoms with E-state index in [2.05, 4.69) is 34.8 Å². The number of anilines is 1. The van der Waals surface area contributed by atoms with Gasteiger partial charge in [0.2, 0.25) is 0 Å². The summed E-state index contributed by atoms with van der Waals surface area (Å²) in [5.74, 6) is 0.746. The molecule has 3 aromatic carbocycles. The van der Waals surface area contributed by atoms with Gasteiger partial charge in [0.1, 0.15) is 18.2 Å². The third kappa shape index (κ3) is 6.83. The molecule has 0 saturated heterocycles. The van der Waals surface area contributed by atoms with Crippen LogP contribution < -0.4 is 14.8 Å². The van der Waals surface area contributed by atoms with E-state index in [1.807, 2.05) is 73.7 Å². The van der Waals surface area contributed by atoms with Crippen LogP contribution in [0.5, 0.6) is 11.5 Å². The summed E-state index contributed by atoms with van der Waals surface area (Å²) in [4.78, 5) is 12.7. The molecule has 3 rings (SSSR count). The molecule has 6 heteroatoms. The number of carbonyl (C=O) groups excluding carboxylic acids is 1. The van der Waals surface area contributed by atoms with Crippen molar-refractivity contribution in [3.05, 3.63) is 92.6 Å². The quantitative estimate of drug-likeness (QED) is 0.190. The zero-order valence-corrected chi connectivity index (χ0v) is 20.8. The van der Waals surface area contributed by atoms with Crippen molar-refractivity contribution >= 4 is 40.3 Å². The molecule has 5 nitrogen and oxygen atoms in total. The van der Waals surface area contributed by atoms with E-state index in [0.29, 0.717) is 36.0 Å². The number of nitrogens with zero attached hydrogens (tertiary/aromatic N) is 1. The van der Waals surface area contributed by atoms with Crippen LogP contribution in [0.3, 0.4) is 0 Å². The second kappa shape index (κ2) is 12.1. The number of hydrogen-bond acceptors (Lipinski definition) is 4. The zero-order chi connectivity index (χ0) is 23.6. The number of rotatable bonds is 9. The summed E-state index contributed by atoms with van der Waals surface area (Å²) >= 11 is 2.18. The number of nitriles is 1. The zero-order valence-electron chi connectivity index (χ0n) is 18.6. The lowest BCUT2D eigenvalue weighted by Crippen LogP contribution is -2.13. The maximum absolute atomic E-state index is 12.7. The van der Waals surface area contributed by atoms with Crippen LogP contribution in [-0.2, 0) is 17.8 Å². The number of nitrogens with one attached hydrogen (secondary N) is 1. The van der Waals surface area contributed by atoms with Crippen LogP contribution in [0.4, 0.5) is 5.69 Å². The molecule has 0 bridgehead atoms. The molecule has 0 fully saturated rings. The van der Waals surface area contributed by atoms with Crippen molar-refractivity contribution in [3.63, 3.8) is 0 Å². The molecule has 168 valence electrons. The first-order valence-corrected chi connectivity index (χ1v) is 11.8. The summed E-state index contributed by atoms with van der Waals surface area (Å²) in [5.41, 5.74) is 3.56. The first-order valence-electron chi connectivity index (χ1n) is 10.7. The number of carbonyl (C=O) groups is 1. The fourth-order valence-electron chi connectivity index (χ4n) is 3.14. The van der Waals surface area contributed by atoms with Gasteiger partial charge in [0.05, 0.1) is 10.2 Å². The van der Waals surface area contributed by atoms with Gasteiger partial charge in [-0.3, -0.25) is 4.79 Å². The van der Waals surface area contributed by atoms with Crippen molar-refractivity contribution < 1.29 is 14.3 Å². The Morgan fingerprint density at radius 2 is 1.76 bits per heavy atom. The monoisotopic (exact) mass is 552 g/mol. The van der Waals surface area contributed by atoms with Crippen molar-refractivity contribution in [2.45, 2.75) is 26.9 Å². The highest BCUT2D eigenvalue weighted by Crippen LogP contribution is 2.35. The minimum atomic E-state index is -0.459. The summed E-state index contributed by atoms with van der Waals surface area (Å²) in [6.45, 7) is 4.84. The van der Waals surface area contributed by atoms with E-state index in [9.17, 15) is 10.1 Å². The van der Waals surface area contributed by atoms with E-state index in [1.54, 1.807) is 12.1 Å². The third-order valence-corrected chi connectivity index (χ3v) is 5.66. The SMILES string of the molecule is CCOc1cc(/C=C(/C#N)C(=O)Nc2ccc(CC)cc2)cc(I)c1OCc1ccccc1. The summed E-state index contributed by atoms with van der Waals surface area (Å²) < 4.78 is 12.7. The molecular formula is C27H25IN2O3. The molecule has 0 unspecified atom stereocenters. The lowest BCUT2D eigenvalue weighted by Gasteiger charge is -2.15. The van der Waals surface area contributed by atoms with Gasteiger partial charge in [0, 0.05) is 5.69 Å². The summed E-state index contributed by atoms with van der Waals surface area (Å²) in [6, 6.07) is 23.1. The van der Waals surface area contributed by atoms with E-state index >= 15 is 0 Å². The van der Waals surface area contributed by atoms with E-state index < -0.39 is 5.91 Å². The molecular weight excluding hydrogens is 527 g/mol. The Labute approximate surface area is 208 Å². The van der Waals surface area contributed by atoms with Crippen LogP contribution in [0, 0.1) is 14.9 Å². The first kappa shape index (κ1) is 24.3. The normalized spacial score (nSPS) is 10.9. The molecule has 1 N–H and O–H groups in total. The Balaban J connectivity index is 1.82. The van der Waals surface area contributed by atoms with E-state index in [4.69, 9.17) is 9.47 Å². The van der Waals surface area contributed by atoms with E-state index in [1.165, 1.54) is 5.56 Å². The molecule has 0 saturated carbocycles. The molecule has 0 aliphatic rings. The Hall–Kier alpha value is -3.31. The second-order valence-corrected chi connectivity index (χ2v) is 8.37. The minimum Gasteiger partial charge on any atom is -0.490 e. The molecule has 0 spiro atoms. The summed E-state index contributed by atoms with van der Waals surface area (Å²) in [6.07, 6.45) is 2.48. The smallest absolute Gasteiger partial charge is 0.266 e. The number of hydrogen-bond donors (Lipinski definition) is 1. The maximum atomic E-state index is 12.7. The van der Waals surface area contributed by atoms with Gasteiger partial charge in [0.15, 0.2) is 11.5 Å². The molecule has 0 aliphatic heterocycles. The molecule has 0 aromatic heterocycles. The molecule has 0 heterocycles. The lowest BCUT2D eigenvalue weighted by molar-refractivity contribution is -0.112. The molecule has 1 amide bonds. The molecule has 0 radical (unpaired) electrons. The molecule has 33 heavy (non-hydrogen) atoms. The molecule has 0 aliphatic carbocycles. The highest BCUT2D eigenvalue weighted by Gasteiger charge is 2.15. The lowest BCUT2D eigenvalue weighted by atomic mass is 10.1. The fourth-order valence-corrected chi connectivity index (χ4v) is 3.92. The Kier molecular flexibility index (Phi) is 8.90. The van der Waals surface area contributed by atoms with E-state index in [0.717, 1.165) is 15.6 Å². The standard InChI is InChI=1S/C27H25IN2O3/c1-3-19-10-12-23(13-11-19)30-27(31)22(17-29)14-21-15-24(28)26(25(16-21)32-4-2)33-18-20-8-6-5-7-9-20/h5-16H,3-4,18H2,1-2H3,(H,30,31)/b22-14-. The van der Waals surface area contributed by atoms with Crippen LogP contribution in [0.25, 0.3) is 6.08 Å². The number of benzene rings is 3. The topological polar surface area (TPSA) is 71.3 Å². The number of amides is 1. The number of halogens is 1. The van der Waals surface area contributed by atoms with Gasteiger partial charge >= 0.3 is 0 Å². The first-order chi connectivity index (χ1) is 16.0. The average Bonchev–Trinajstić information content (AvgIpc) is 2.83. The third-order valence-electron chi connectivity index (χ3n) is 4.85. The largest absolute Gasteiger partial charge is 0.490 e. The van der Waals surface area contributed by atoms with Crippen LogP contribution >= 0.6 is 22.6 Å². The van der Waals surface area contributed by atoms with Crippen LogP contribution in [0.2, 0.25) is 0 Å². The number of ether oxygens (including phenoxy) is 2. The molecule has 0 atom stereocenters. The summed E-state index contributed by atoms with van der Waals surface area (Å²) in [7, 11) is 0. The van der Waals surface area contributed by atoms with Crippen molar-refractivity contribution in [2.75, 3.05) is 11.9 Å².